The minimum atomic E-state index is 0.128. The number of nitrogens with two attached hydrogens (primary N) is 1. The Morgan fingerprint density at radius 2 is 1.95 bits per heavy atom. The van der Waals surface area contributed by atoms with E-state index in [-0.39, 0.29) is 11.5 Å². The maximum atomic E-state index is 5.86. The Balaban J connectivity index is 2.02. The third-order valence-electron chi connectivity index (χ3n) is 4.25. The first-order valence-electron chi connectivity index (χ1n) is 6.70. The molecule has 3 heteroatoms. The molecule has 1 aliphatic carbocycles. The van der Waals surface area contributed by atoms with Crippen molar-refractivity contribution < 1.29 is 0 Å². The average molecular weight is 253 g/mol. The molecule has 1 saturated carbocycles. The number of rotatable bonds is 4. The molecule has 1 aromatic carbocycles. The van der Waals surface area contributed by atoms with Gasteiger partial charge in [-0.3, -0.25) is 16.3 Å². The van der Waals surface area contributed by atoms with Crippen LogP contribution < -0.4 is 11.3 Å². The Hall–Kier alpha value is -1.71. The van der Waals surface area contributed by atoms with E-state index in [1.807, 2.05) is 18.5 Å². The third-order valence-corrected chi connectivity index (χ3v) is 4.25. The van der Waals surface area contributed by atoms with Crippen molar-refractivity contribution in [2.75, 3.05) is 0 Å². The zero-order valence-electron chi connectivity index (χ0n) is 11.1. The summed E-state index contributed by atoms with van der Waals surface area (Å²) in [5, 5.41) is 0. The summed E-state index contributed by atoms with van der Waals surface area (Å²) < 4.78 is 0. The van der Waals surface area contributed by atoms with Gasteiger partial charge in [-0.1, -0.05) is 30.3 Å². The molecular weight excluding hydrogens is 234 g/mol. The van der Waals surface area contributed by atoms with E-state index in [9.17, 15) is 0 Å². The molecule has 2 aromatic rings. The van der Waals surface area contributed by atoms with Crippen molar-refractivity contribution in [3.8, 4) is 0 Å². The van der Waals surface area contributed by atoms with Gasteiger partial charge in [-0.2, -0.15) is 0 Å². The topological polar surface area (TPSA) is 50.9 Å². The summed E-state index contributed by atoms with van der Waals surface area (Å²) in [5.74, 6) is 5.86. The second kappa shape index (κ2) is 4.76. The van der Waals surface area contributed by atoms with Crippen LogP contribution >= 0.6 is 0 Å². The van der Waals surface area contributed by atoms with Crippen molar-refractivity contribution in [1.82, 2.24) is 10.4 Å². The van der Waals surface area contributed by atoms with Crippen LogP contribution in [-0.4, -0.2) is 4.98 Å². The zero-order chi connectivity index (χ0) is 13.3. The molecule has 0 spiro atoms. The minimum Gasteiger partial charge on any atom is -0.271 e. The summed E-state index contributed by atoms with van der Waals surface area (Å²) in [5.41, 5.74) is 6.95. The van der Waals surface area contributed by atoms with E-state index in [2.05, 4.69) is 47.7 Å². The maximum absolute atomic E-state index is 5.86. The van der Waals surface area contributed by atoms with E-state index in [1.165, 1.54) is 29.5 Å². The molecule has 3 N–H and O–H groups in total. The van der Waals surface area contributed by atoms with Crippen molar-refractivity contribution in [1.29, 1.82) is 0 Å². The van der Waals surface area contributed by atoms with Crippen molar-refractivity contribution in [2.45, 2.75) is 31.2 Å². The van der Waals surface area contributed by atoms with Crippen LogP contribution in [0.1, 0.15) is 35.6 Å². The number of aromatic nitrogens is 1. The number of benzene rings is 1. The molecule has 1 fully saturated rings. The molecule has 0 amide bonds. The van der Waals surface area contributed by atoms with Crippen molar-refractivity contribution in [2.24, 2.45) is 5.84 Å². The predicted molar refractivity (Wildman–Crippen MR) is 76.4 cm³/mol. The van der Waals surface area contributed by atoms with Gasteiger partial charge in [0, 0.05) is 17.8 Å². The lowest BCUT2D eigenvalue weighted by Crippen LogP contribution is -2.37. The zero-order valence-corrected chi connectivity index (χ0v) is 11.1. The number of hydrogen-bond donors (Lipinski definition) is 2. The van der Waals surface area contributed by atoms with Crippen molar-refractivity contribution in [3.63, 3.8) is 0 Å². The van der Waals surface area contributed by atoms with Gasteiger partial charge in [-0.25, -0.2) is 0 Å². The monoisotopic (exact) mass is 253 g/mol. The molecule has 19 heavy (non-hydrogen) atoms. The normalized spacial score (nSPS) is 18.0. The summed E-state index contributed by atoms with van der Waals surface area (Å²) in [6.07, 6.45) is 6.10. The Labute approximate surface area is 113 Å². The number of aryl methyl sites for hydroxylation is 1. The van der Waals surface area contributed by atoms with Crippen LogP contribution in [0.25, 0.3) is 0 Å². The second-order valence-electron chi connectivity index (χ2n) is 5.35. The van der Waals surface area contributed by atoms with Crippen molar-refractivity contribution >= 4 is 0 Å². The highest BCUT2D eigenvalue weighted by atomic mass is 15.2. The number of nitrogens with one attached hydrogen (secondary N) is 1. The standard InChI is InChI=1S/C16H19N3/c1-12-7-10-18-11-14(12)15(19-17)16(8-9-16)13-5-3-2-4-6-13/h2-7,10-11,15,19H,8-9,17H2,1H3. The van der Waals surface area contributed by atoms with E-state index < -0.39 is 0 Å². The lowest BCUT2D eigenvalue weighted by molar-refractivity contribution is 0.436. The van der Waals surface area contributed by atoms with Gasteiger partial charge in [0.2, 0.25) is 0 Å². The van der Waals surface area contributed by atoms with Gasteiger partial charge in [0.05, 0.1) is 6.04 Å². The molecule has 3 rings (SSSR count). The van der Waals surface area contributed by atoms with Gasteiger partial charge in [-0.15, -0.1) is 0 Å². The fourth-order valence-electron chi connectivity index (χ4n) is 2.97. The first-order chi connectivity index (χ1) is 9.28. The largest absolute Gasteiger partial charge is 0.271 e. The highest BCUT2D eigenvalue weighted by Crippen LogP contribution is 2.56. The molecule has 1 heterocycles. The van der Waals surface area contributed by atoms with Crippen LogP contribution in [0, 0.1) is 6.92 Å². The van der Waals surface area contributed by atoms with Crippen LogP contribution in [0.15, 0.2) is 48.8 Å². The third kappa shape index (κ3) is 2.05. The van der Waals surface area contributed by atoms with Crippen molar-refractivity contribution in [3.05, 3.63) is 65.5 Å². The first kappa shape index (κ1) is 12.3. The predicted octanol–water partition coefficient (Wildman–Crippen LogP) is 2.63. The maximum Gasteiger partial charge on any atom is 0.0574 e. The quantitative estimate of drug-likeness (QED) is 0.650. The van der Waals surface area contributed by atoms with Crippen LogP contribution in [0.4, 0.5) is 0 Å². The molecule has 1 atom stereocenters. The lowest BCUT2D eigenvalue weighted by atomic mass is 9.83. The van der Waals surface area contributed by atoms with Gasteiger partial charge in [-0.05, 0) is 42.5 Å². The van der Waals surface area contributed by atoms with E-state index in [0.29, 0.717) is 0 Å². The Bertz CT molecular complexity index is 561. The molecular formula is C16H19N3. The molecule has 0 aliphatic heterocycles. The van der Waals surface area contributed by atoms with Gasteiger partial charge in [0.25, 0.3) is 0 Å². The Morgan fingerprint density at radius 1 is 1.21 bits per heavy atom. The molecule has 1 aliphatic rings. The molecule has 0 saturated heterocycles. The van der Waals surface area contributed by atoms with Gasteiger partial charge < -0.3 is 0 Å². The summed E-state index contributed by atoms with van der Waals surface area (Å²) >= 11 is 0. The molecule has 0 radical (unpaired) electrons. The summed E-state index contributed by atoms with van der Waals surface area (Å²) in [7, 11) is 0. The van der Waals surface area contributed by atoms with E-state index in [1.54, 1.807) is 0 Å². The smallest absolute Gasteiger partial charge is 0.0574 e. The van der Waals surface area contributed by atoms with Gasteiger partial charge in [0.1, 0.15) is 0 Å². The summed E-state index contributed by atoms with van der Waals surface area (Å²) in [6.45, 7) is 2.11. The van der Waals surface area contributed by atoms with Gasteiger partial charge in [0.15, 0.2) is 0 Å². The van der Waals surface area contributed by atoms with E-state index in [0.717, 1.165) is 0 Å². The number of hydrazine groups is 1. The van der Waals surface area contributed by atoms with Crippen LogP contribution in [-0.2, 0) is 5.41 Å². The average Bonchev–Trinajstić information content (AvgIpc) is 3.24. The fourth-order valence-corrected chi connectivity index (χ4v) is 2.97. The van der Waals surface area contributed by atoms with Gasteiger partial charge >= 0.3 is 0 Å². The van der Waals surface area contributed by atoms with E-state index in [4.69, 9.17) is 5.84 Å². The summed E-state index contributed by atoms with van der Waals surface area (Å²) in [6, 6.07) is 12.8. The van der Waals surface area contributed by atoms with Crippen LogP contribution in [0.2, 0.25) is 0 Å². The number of hydrogen-bond acceptors (Lipinski definition) is 3. The Morgan fingerprint density at radius 3 is 2.53 bits per heavy atom. The molecule has 1 unspecified atom stereocenters. The van der Waals surface area contributed by atoms with Crippen LogP contribution in [0.3, 0.4) is 0 Å². The summed E-state index contributed by atoms with van der Waals surface area (Å²) in [4.78, 5) is 4.25. The molecule has 1 aromatic heterocycles. The highest BCUT2D eigenvalue weighted by molar-refractivity contribution is 5.39. The molecule has 0 bridgehead atoms. The fraction of sp³-hybridized carbons (Fsp3) is 0.312. The lowest BCUT2D eigenvalue weighted by Gasteiger charge is -2.28. The molecule has 98 valence electrons. The van der Waals surface area contributed by atoms with Crippen LogP contribution in [0.5, 0.6) is 0 Å². The SMILES string of the molecule is Cc1ccncc1C(NN)C1(c2ccccc2)CC1. The highest BCUT2D eigenvalue weighted by Gasteiger charge is 2.51. The number of pyridine rings is 1. The number of nitrogens with zero attached hydrogens (tertiary/aromatic N) is 1. The first-order valence-corrected chi connectivity index (χ1v) is 6.70. The Kier molecular flexibility index (Phi) is 3.09. The minimum absolute atomic E-state index is 0.128. The molecule has 3 nitrogen and oxygen atoms in total. The second-order valence-corrected chi connectivity index (χ2v) is 5.35. The van der Waals surface area contributed by atoms with E-state index >= 15 is 0 Å².